The van der Waals surface area contributed by atoms with Gasteiger partial charge in [-0.05, 0) is 44.0 Å². The molecule has 1 aromatic carbocycles. The topological polar surface area (TPSA) is 37.3 Å². The molecule has 1 N–H and O–H groups in total. The van der Waals surface area contributed by atoms with E-state index < -0.39 is 5.97 Å². The third kappa shape index (κ3) is 2.00. The van der Waals surface area contributed by atoms with Crippen LogP contribution < -0.4 is 0 Å². The maximum atomic E-state index is 10.5. The highest BCUT2D eigenvalue weighted by atomic mass is 79.9. The summed E-state index contributed by atoms with van der Waals surface area (Å²) < 4.78 is 1.29. The maximum Gasteiger partial charge on any atom is 0.335 e. The van der Waals surface area contributed by atoms with Gasteiger partial charge in [0.1, 0.15) is 0 Å². The Bertz CT molecular complexity index is 315. The Labute approximate surface area is 90.8 Å². The fourth-order valence-corrected chi connectivity index (χ4v) is 1.70. The molecule has 0 fully saturated rings. The molecule has 0 atom stereocenters. The van der Waals surface area contributed by atoms with Gasteiger partial charge in [-0.1, -0.05) is 11.6 Å². The van der Waals surface area contributed by atoms with Crippen LogP contribution in [0.2, 0.25) is 5.02 Å². The molecule has 1 rings (SSSR count). The van der Waals surface area contributed by atoms with Crippen LogP contribution in [-0.2, 0) is 0 Å². The first-order chi connectivity index (χ1) is 5.52. The minimum atomic E-state index is -0.995. The molecule has 1 aromatic rings. The van der Waals surface area contributed by atoms with E-state index in [-0.39, 0.29) is 5.56 Å². The summed E-state index contributed by atoms with van der Waals surface area (Å²) in [5.41, 5.74) is 0.162. The number of aromatic carboxylic acids is 1. The van der Waals surface area contributed by atoms with E-state index in [1.807, 2.05) is 0 Å². The Kier molecular flexibility index (Phi) is 3.15. The fraction of sp³-hybridized carbons (Fsp3) is 0. The van der Waals surface area contributed by atoms with Crippen LogP contribution in [0, 0.1) is 0 Å². The number of hydrogen-bond acceptors (Lipinski definition) is 1. The van der Waals surface area contributed by atoms with E-state index in [9.17, 15) is 4.79 Å². The number of carboxylic acids is 1. The van der Waals surface area contributed by atoms with Crippen molar-refractivity contribution in [1.82, 2.24) is 0 Å². The molecule has 0 radical (unpaired) electrons. The highest BCUT2D eigenvalue weighted by Crippen LogP contribution is 2.31. The lowest BCUT2D eigenvalue weighted by Gasteiger charge is -2.00. The first-order valence-corrected chi connectivity index (χ1v) is 4.86. The quantitative estimate of drug-likeness (QED) is 0.805. The van der Waals surface area contributed by atoms with Crippen molar-refractivity contribution in [2.24, 2.45) is 0 Å². The summed E-state index contributed by atoms with van der Waals surface area (Å²) in [7, 11) is 0. The number of benzene rings is 1. The molecule has 0 aromatic heterocycles. The second kappa shape index (κ2) is 3.77. The van der Waals surface area contributed by atoms with Crippen LogP contribution in [-0.4, -0.2) is 11.1 Å². The van der Waals surface area contributed by atoms with Gasteiger partial charge in [-0.15, -0.1) is 0 Å². The van der Waals surface area contributed by atoms with Crippen LogP contribution in [0.3, 0.4) is 0 Å². The SMILES string of the molecule is O=C(O)c1cc(Cl)c(Br)c(Br)c1. The largest absolute Gasteiger partial charge is 0.478 e. The summed E-state index contributed by atoms with van der Waals surface area (Å²) in [5.74, 6) is -0.995. The number of rotatable bonds is 1. The molecular weight excluding hydrogens is 311 g/mol. The molecule has 0 heterocycles. The first-order valence-electron chi connectivity index (χ1n) is 2.90. The highest BCUT2D eigenvalue weighted by molar-refractivity contribution is 9.13. The lowest BCUT2D eigenvalue weighted by Crippen LogP contribution is -1.95. The fourth-order valence-electron chi connectivity index (χ4n) is 0.679. The molecule has 0 aliphatic heterocycles. The van der Waals surface area contributed by atoms with E-state index in [0.29, 0.717) is 14.0 Å². The van der Waals surface area contributed by atoms with Gasteiger partial charge in [0.15, 0.2) is 0 Å². The van der Waals surface area contributed by atoms with E-state index in [4.69, 9.17) is 16.7 Å². The zero-order chi connectivity index (χ0) is 9.30. The molecule has 0 bridgehead atoms. The van der Waals surface area contributed by atoms with Gasteiger partial charge in [0, 0.05) is 4.47 Å². The summed E-state index contributed by atoms with van der Waals surface area (Å²) in [4.78, 5) is 10.5. The van der Waals surface area contributed by atoms with Crippen molar-refractivity contribution in [3.8, 4) is 0 Å². The average molecular weight is 314 g/mol. The van der Waals surface area contributed by atoms with E-state index in [2.05, 4.69) is 31.9 Å². The second-order valence-electron chi connectivity index (χ2n) is 2.06. The van der Waals surface area contributed by atoms with E-state index >= 15 is 0 Å². The van der Waals surface area contributed by atoms with Crippen molar-refractivity contribution in [3.63, 3.8) is 0 Å². The number of carbonyl (C=O) groups is 1. The third-order valence-electron chi connectivity index (χ3n) is 1.23. The van der Waals surface area contributed by atoms with Gasteiger partial charge in [-0.2, -0.15) is 0 Å². The number of halogens is 3. The van der Waals surface area contributed by atoms with Crippen molar-refractivity contribution >= 4 is 49.4 Å². The van der Waals surface area contributed by atoms with Crippen molar-refractivity contribution in [3.05, 3.63) is 31.7 Å². The summed E-state index contributed by atoms with van der Waals surface area (Å²) in [6.07, 6.45) is 0. The highest BCUT2D eigenvalue weighted by Gasteiger charge is 2.09. The molecule has 64 valence electrons. The Morgan fingerprint density at radius 2 is 2.00 bits per heavy atom. The first kappa shape index (κ1) is 10.0. The van der Waals surface area contributed by atoms with Crippen LogP contribution >= 0.6 is 43.5 Å². The molecule has 2 nitrogen and oxygen atoms in total. The van der Waals surface area contributed by atoms with Gasteiger partial charge in [-0.25, -0.2) is 4.79 Å². The second-order valence-corrected chi connectivity index (χ2v) is 4.11. The Morgan fingerprint density at radius 1 is 1.42 bits per heavy atom. The van der Waals surface area contributed by atoms with Crippen LogP contribution in [0.15, 0.2) is 21.1 Å². The molecule has 0 aliphatic carbocycles. The van der Waals surface area contributed by atoms with E-state index in [0.717, 1.165) is 0 Å². The maximum absolute atomic E-state index is 10.5. The van der Waals surface area contributed by atoms with Crippen molar-refractivity contribution in [2.45, 2.75) is 0 Å². The minimum absolute atomic E-state index is 0.162. The normalized spacial score (nSPS) is 9.92. The molecule has 0 amide bonds. The van der Waals surface area contributed by atoms with Gasteiger partial charge in [0.05, 0.1) is 15.1 Å². The predicted molar refractivity (Wildman–Crippen MR) is 53.8 cm³/mol. The van der Waals surface area contributed by atoms with Crippen molar-refractivity contribution in [1.29, 1.82) is 0 Å². The molecule has 12 heavy (non-hydrogen) atoms. The molecule has 5 heteroatoms. The molecule has 0 saturated carbocycles. The number of hydrogen-bond donors (Lipinski definition) is 1. The molecular formula is C7H3Br2ClO2. The van der Waals surface area contributed by atoms with Crippen LogP contribution in [0.1, 0.15) is 10.4 Å². The van der Waals surface area contributed by atoms with Crippen LogP contribution in [0.5, 0.6) is 0 Å². The third-order valence-corrected chi connectivity index (χ3v) is 3.77. The summed E-state index contributed by atoms with van der Waals surface area (Å²) >= 11 is 12.1. The molecule has 0 unspecified atom stereocenters. The monoisotopic (exact) mass is 312 g/mol. The molecule has 0 spiro atoms. The standard InChI is InChI=1S/C7H3Br2ClO2/c8-4-1-3(7(11)12)2-5(10)6(4)9/h1-2H,(H,11,12). The average Bonchev–Trinajstić information content (AvgIpc) is 1.99. The van der Waals surface area contributed by atoms with Gasteiger partial charge < -0.3 is 5.11 Å². The number of carboxylic acid groups (broad SMARTS) is 1. The van der Waals surface area contributed by atoms with Gasteiger partial charge in [0.25, 0.3) is 0 Å². The molecule has 0 saturated heterocycles. The van der Waals surface area contributed by atoms with Crippen LogP contribution in [0.4, 0.5) is 0 Å². The lowest BCUT2D eigenvalue weighted by atomic mass is 10.2. The Balaban J connectivity index is 3.31. The van der Waals surface area contributed by atoms with E-state index in [1.54, 1.807) is 0 Å². The lowest BCUT2D eigenvalue weighted by molar-refractivity contribution is 0.0697. The van der Waals surface area contributed by atoms with E-state index in [1.165, 1.54) is 12.1 Å². The Hall–Kier alpha value is -0.0600. The Morgan fingerprint density at radius 3 is 2.42 bits per heavy atom. The predicted octanol–water partition coefficient (Wildman–Crippen LogP) is 3.56. The minimum Gasteiger partial charge on any atom is -0.478 e. The summed E-state index contributed by atoms with van der Waals surface area (Å²) in [6, 6.07) is 2.87. The summed E-state index contributed by atoms with van der Waals surface area (Å²) in [6.45, 7) is 0. The zero-order valence-electron chi connectivity index (χ0n) is 5.64. The zero-order valence-corrected chi connectivity index (χ0v) is 9.57. The van der Waals surface area contributed by atoms with Gasteiger partial charge >= 0.3 is 5.97 Å². The van der Waals surface area contributed by atoms with Crippen molar-refractivity contribution < 1.29 is 9.90 Å². The van der Waals surface area contributed by atoms with Crippen molar-refractivity contribution in [2.75, 3.05) is 0 Å². The summed E-state index contributed by atoms with van der Waals surface area (Å²) in [5, 5.41) is 9.01. The molecule has 0 aliphatic rings. The van der Waals surface area contributed by atoms with Crippen LogP contribution in [0.25, 0.3) is 0 Å². The van der Waals surface area contributed by atoms with Gasteiger partial charge in [-0.3, -0.25) is 0 Å². The smallest absolute Gasteiger partial charge is 0.335 e. The van der Waals surface area contributed by atoms with Gasteiger partial charge in [0.2, 0.25) is 0 Å².